The van der Waals surface area contributed by atoms with Crippen LogP contribution in [0.2, 0.25) is 0 Å². The maximum atomic E-state index is 10.6. The van der Waals surface area contributed by atoms with Crippen LogP contribution in [0.3, 0.4) is 0 Å². The van der Waals surface area contributed by atoms with Crippen molar-refractivity contribution in [1.82, 2.24) is 0 Å². The highest BCUT2D eigenvalue weighted by atomic mass is 16.4. The molecule has 0 spiro atoms. The molecule has 0 radical (unpaired) electrons. The summed E-state index contributed by atoms with van der Waals surface area (Å²) in [7, 11) is 0. The van der Waals surface area contributed by atoms with E-state index in [1.165, 1.54) is 0 Å². The highest BCUT2D eigenvalue weighted by Gasteiger charge is 2.28. The Morgan fingerprint density at radius 3 is 1.93 bits per heavy atom. The van der Waals surface area contributed by atoms with Crippen LogP contribution in [0.4, 0.5) is 0 Å². The van der Waals surface area contributed by atoms with Crippen LogP contribution in [0.5, 0.6) is 0 Å². The van der Waals surface area contributed by atoms with E-state index in [-0.39, 0.29) is 12.3 Å². The van der Waals surface area contributed by atoms with Crippen molar-refractivity contribution in [3.8, 4) is 0 Å². The third kappa shape index (κ3) is 4.25. The van der Waals surface area contributed by atoms with Crippen molar-refractivity contribution in [3.05, 3.63) is 0 Å². The maximum Gasteiger partial charge on any atom is 0.317 e. The van der Waals surface area contributed by atoms with Crippen LogP contribution in [0.1, 0.15) is 39.5 Å². The molecule has 0 aromatic carbocycles. The molecule has 0 saturated carbocycles. The lowest BCUT2D eigenvalue weighted by molar-refractivity contribution is -0.155. The third-order valence-corrected chi connectivity index (χ3v) is 2.44. The molecule has 4 heteroatoms. The maximum absolute atomic E-state index is 10.6. The number of rotatable bonds is 7. The molecule has 0 saturated heterocycles. The number of aliphatic carboxylic acids is 2. The minimum absolute atomic E-state index is 0.206. The Hall–Kier alpha value is -1.06. The largest absolute Gasteiger partial charge is 0.481 e. The summed E-state index contributed by atoms with van der Waals surface area (Å²) in [5.41, 5.74) is 0. The lowest BCUT2D eigenvalue weighted by atomic mass is 9.89. The molecule has 14 heavy (non-hydrogen) atoms. The van der Waals surface area contributed by atoms with E-state index in [9.17, 15) is 9.59 Å². The molecule has 0 aromatic heterocycles. The van der Waals surface area contributed by atoms with E-state index in [0.717, 1.165) is 19.3 Å². The van der Waals surface area contributed by atoms with E-state index in [2.05, 4.69) is 0 Å². The average Bonchev–Trinajstić information content (AvgIpc) is 2.10. The summed E-state index contributed by atoms with van der Waals surface area (Å²) < 4.78 is 0. The van der Waals surface area contributed by atoms with Gasteiger partial charge in [-0.3, -0.25) is 9.59 Å². The van der Waals surface area contributed by atoms with E-state index >= 15 is 0 Å². The molecule has 1 atom stereocenters. The summed E-state index contributed by atoms with van der Waals surface area (Å²) in [6.45, 7) is 3.97. The Balaban J connectivity index is 4.26. The van der Waals surface area contributed by atoms with Crippen LogP contribution in [-0.4, -0.2) is 22.2 Å². The Morgan fingerprint density at radius 1 is 1.14 bits per heavy atom. The van der Waals surface area contributed by atoms with E-state index < -0.39 is 17.9 Å². The van der Waals surface area contributed by atoms with Crippen LogP contribution in [-0.2, 0) is 9.59 Å². The van der Waals surface area contributed by atoms with Gasteiger partial charge in [-0.25, -0.2) is 0 Å². The molecular formula is C10H18O4. The second-order valence-corrected chi connectivity index (χ2v) is 3.53. The number of hydrogen-bond acceptors (Lipinski definition) is 2. The zero-order valence-corrected chi connectivity index (χ0v) is 8.69. The summed E-state index contributed by atoms with van der Waals surface area (Å²) in [4.78, 5) is 21.2. The SMILES string of the molecule is CCCC(CC)CC(C(=O)O)C(=O)O. The highest BCUT2D eigenvalue weighted by molar-refractivity contribution is 5.92. The second kappa shape index (κ2) is 6.40. The molecule has 0 bridgehead atoms. The Labute approximate surface area is 83.9 Å². The molecule has 0 aliphatic carbocycles. The molecule has 0 rings (SSSR count). The zero-order valence-electron chi connectivity index (χ0n) is 8.69. The van der Waals surface area contributed by atoms with Crippen molar-refractivity contribution < 1.29 is 19.8 Å². The van der Waals surface area contributed by atoms with E-state index in [1.54, 1.807) is 0 Å². The Kier molecular flexibility index (Phi) is 5.92. The molecule has 0 amide bonds. The standard InChI is InChI=1S/C10H18O4/c1-3-5-7(4-2)6-8(9(11)12)10(13)14/h7-8H,3-6H2,1-2H3,(H,11,12)(H,13,14). The molecular weight excluding hydrogens is 184 g/mol. The fraction of sp³-hybridized carbons (Fsp3) is 0.800. The number of carbonyl (C=O) groups is 2. The normalized spacial score (nSPS) is 12.8. The number of hydrogen-bond donors (Lipinski definition) is 2. The van der Waals surface area contributed by atoms with Crippen LogP contribution in [0.25, 0.3) is 0 Å². The van der Waals surface area contributed by atoms with Crippen LogP contribution >= 0.6 is 0 Å². The molecule has 0 aliphatic heterocycles. The van der Waals surface area contributed by atoms with Gasteiger partial charge in [-0.05, 0) is 12.3 Å². The topological polar surface area (TPSA) is 74.6 Å². The van der Waals surface area contributed by atoms with E-state index in [0.29, 0.717) is 0 Å². The van der Waals surface area contributed by atoms with Gasteiger partial charge in [0, 0.05) is 0 Å². The molecule has 0 heterocycles. The first-order valence-electron chi connectivity index (χ1n) is 4.98. The molecule has 2 N–H and O–H groups in total. The smallest absolute Gasteiger partial charge is 0.317 e. The van der Waals surface area contributed by atoms with Gasteiger partial charge in [-0.15, -0.1) is 0 Å². The Morgan fingerprint density at radius 2 is 1.64 bits per heavy atom. The first-order chi connectivity index (χ1) is 6.52. The summed E-state index contributed by atoms with van der Waals surface area (Å²) in [5, 5.41) is 17.4. The first kappa shape index (κ1) is 12.9. The molecule has 0 aromatic rings. The predicted octanol–water partition coefficient (Wildman–Crippen LogP) is 1.99. The van der Waals surface area contributed by atoms with Gasteiger partial charge >= 0.3 is 11.9 Å². The van der Waals surface area contributed by atoms with Crippen molar-refractivity contribution in [2.45, 2.75) is 39.5 Å². The second-order valence-electron chi connectivity index (χ2n) is 3.53. The average molecular weight is 202 g/mol. The zero-order chi connectivity index (χ0) is 11.1. The fourth-order valence-corrected chi connectivity index (χ4v) is 1.54. The van der Waals surface area contributed by atoms with Gasteiger partial charge in [0.2, 0.25) is 0 Å². The molecule has 4 nitrogen and oxygen atoms in total. The highest BCUT2D eigenvalue weighted by Crippen LogP contribution is 2.21. The van der Waals surface area contributed by atoms with Crippen LogP contribution in [0.15, 0.2) is 0 Å². The van der Waals surface area contributed by atoms with E-state index in [1.807, 2.05) is 13.8 Å². The number of carboxylic acids is 2. The molecule has 0 fully saturated rings. The lowest BCUT2D eigenvalue weighted by Gasteiger charge is -2.16. The first-order valence-corrected chi connectivity index (χ1v) is 4.98. The van der Waals surface area contributed by atoms with Gasteiger partial charge in [0.1, 0.15) is 0 Å². The lowest BCUT2D eigenvalue weighted by Crippen LogP contribution is -2.25. The van der Waals surface area contributed by atoms with Gasteiger partial charge in [0.15, 0.2) is 5.92 Å². The molecule has 1 unspecified atom stereocenters. The van der Waals surface area contributed by atoms with Crippen molar-refractivity contribution in [2.24, 2.45) is 11.8 Å². The van der Waals surface area contributed by atoms with Gasteiger partial charge in [-0.1, -0.05) is 33.1 Å². The van der Waals surface area contributed by atoms with Gasteiger partial charge in [-0.2, -0.15) is 0 Å². The van der Waals surface area contributed by atoms with Gasteiger partial charge in [0.25, 0.3) is 0 Å². The summed E-state index contributed by atoms with van der Waals surface area (Å²) >= 11 is 0. The van der Waals surface area contributed by atoms with Crippen molar-refractivity contribution in [2.75, 3.05) is 0 Å². The third-order valence-electron chi connectivity index (χ3n) is 2.44. The van der Waals surface area contributed by atoms with Crippen LogP contribution < -0.4 is 0 Å². The summed E-state index contributed by atoms with van der Waals surface area (Å²) in [6.07, 6.45) is 2.94. The minimum Gasteiger partial charge on any atom is -0.481 e. The summed E-state index contributed by atoms with van der Waals surface area (Å²) in [6, 6.07) is 0. The summed E-state index contributed by atoms with van der Waals surface area (Å²) in [5.74, 6) is -3.50. The van der Waals surface area contributed by atoms with Crippen molar-refractivity contribution >= 4 is 11.9 Å². The predicted molar refractivity (Wildman–Crippen MR) is 52.1 cm³/mol. The van der Waals surface area contributed by atoms with Crippen molar-refractivity contribution in [1.29, 1.82) is 0 Å². The van der Waals surface area contributed by atoms with Crippen LogP contribution in [0, 0.1) is 11.8 Å². The number of carboxylic acid groups (broad SMARTS) is 2. The fourth-order valence-electron chi connectivity index (χ4n) is 1.54. The van der Waals surface area contributed by atoms with E-state index in [4.69, 9.17) is 10.2 Å². The molecule has 82 valence electrons. The Bertz CT molecular complexity index is 186. The van der Waals surface area contributed by atoms with Gasteiger partial charge < -0.3 is 10.2 Å². The monoisotopic (exact) mass is 202 g/mol. The quantitative estimate of drug-likeness (QED) is 0.619. The van der Waals surface area contributed by atoms with Gasteiger partial charge in [0.05, 0.1) is 0 Å². The van der Waals surface area contributed by atoms with Crippen molar-refractivity contribution in [3.63, 3.8) is 0 Å². The molecule has 0 aliphatic rings. The minimum atomic E-state index is -1.24.